The largest absolute Gasteiger partial charge is 0.303 e. The van der Waals surface area contributed by atoms with Gasteiger partial charge in [-0.3, -0.25) is 4.31 Å². The fourth-order valence-corrected chi connectivity index (χ4v) is 3.35. The highest BCUT2D eigenvalue weighted by Gasteiger charge is 2.25. The Bertz CT molecular complexity index is 505. The van der Waals surface area contributed by atoms with Crippen molar-refractivity contribution in [1.29, 1.82) is 0 Å². The average molecular weight is 305 g/mol. The van der Waals surface area contributed by atoms with E-state index in [0.29, 0.717) is 31.1 Å². The van der Waals surface area contributed by atoms with Crippen molar-refractivity contribution in [2.24, 2.45) is 0 Å². The van der Waals surface area contributed by atoms with E-state index < -0.39 is 10.2 Å². The number of aryl methyl sites for hydroxylation is 1. The van der Waals surface area contributed by atoms with Crippen molar-refractivity contribution < 1.29 is 8.42 Å². The monoisotopic (exact) mass is 304 g/mol. The van der Waals surface area contributed by atoms with Crippen LogP contribution >= 0.6 is 11.6 Å². The van der Waals surface area contributed by atoms with E-state index in [4.69, 9.17) is 11.6 Å². The summed E-state index contributed by atoms with van der Waals surface area (Å²) in [7, 11) is -1.90. The molecule has 0 atom stereocenters. The van der Waals surface area contributed by atoms with Gasteiger partial charge in [0.1, 0.15) is 0 Å². The molecule has 0 N–H and O–H groups in total. The molecular formula is C13H21ClN2O2S. The van der Waals surface area contributed by atoms with Crippen LogP contribution in [0, 0.1) is 6.92 Å². The van der Waals surface area contributed by atoms with E-state index in [2.05, 4.69) is 0 Å². The maximum absolute atomic E-state index is 12.5. The zero-order valence-electron chi connectivity index (χ0n) is 11.6. The summed E-state index contributed by atoms with van der Waals surface area (Å²) >= 11 is 5.61. The van der Waals surface area contributed by atoms with Crippen LogP contribution in [0.4, 0.5) is 5.69 Å². The molecule has 0 fully saturated rings. The molecule has 0 radical (unpaired) electrons. The van der Waals surface area contributed by atoms with Crippen molar-refractivity contribution in [1.82, 2.24) is 4.31 Å². The summed E-state index contributed by atoms with van der Waals surface area (Å²) in [6.07, 6.45) is 0.642. The predicted octanol–water partition coefficient (Wildman–Crippen LogP) is 2.63. The molecule has 0 heterocycles. The molecule has 0 aromatic heterocycles. The first kappa shape index (κ1) is 16.3. The van der Waals surface area contributed by atoms with Crippen molar-refractivity contribution in [3.05, 3.63) is 29.8 Å². The van der Waals surface area contributed by atoms with Gasteiger partial charge in [-0.05, 0) is 38.0 Å². The Morgan fingerprint density at radius 2 is 2.00 bits per heavy atom. The molecule has 0 amide bonds. The van der Waals surface area contributed by atoms with Crippen LogP contribution in [0.1, 0.15) is 18.9 Å². The van der Waals surface area contributed by atoms with Crippen LogP contribution in [0.15, 0.2) is 24.3 Å². The second-order valence-electron chi connectivity index (χ2n) is 4.38. The highest BCUT2D eigenvalue weighted by Crippen LogP contribution is 2.20. The third-order valence-corrected chi connectivity index (χ3v) is 5.12. The molecule has 0 saturated heterocycles. The molecule has 0 spiro atoms. The molecular weight excluding hydrogens is 284 g/mol. The van der Waals surface area contributed by atoms with Crippen molar-refractivity contribution in [3.63, 3.8) is 0 Å². The predicted molar refractivity (Wildman–Crippen MR) is 81.1 cm³/mol. The Kier molecular flexibility index (Phi) is 6.10. The number of nitrogens with zero attached hydrogens (tertiary/aromatic N) is 2. The zero-order valence-corrected chi connectivity index (χ0v) is 13.2. The number of hydrogen-bond donors (Lipinski definition) is 0. The maximum Gasteiger partial charge on any atom is 0.303 e. The molecule has 1 aromatic rings. The number of halogens is 1. The minimum Gasteiger partial charge on any atom is -0.258 e. The lowest BCUT2D eigenvalue weighted by molar-refractivity contribution is 0.466. The first-order valence-corrected chi connectivity index (χ1v) is 8.23. The van der Waals surface area contributed by atoms with Gasteiger partial charge in [0.05, 0.1) is 5.69 Å². The van der Waals surface area contributed by atoms with E-state index in [9.17, 15) is 8.42 Å². The van der Waals surface area contributed by atoms with Crippen LogP contribution < -0.4 is 4.31 Å². The number of hydrogen-bond acceptors (Lipinski definition) is 2. The first-order valence-electron chi connectivity index (χ1n) is 6.30. The molecule has 0 saturated carbocycles. The summed E-state index contributed by atoms with van der Waals surface area (Å²) in [5.41, 5.74) is 1.73. The molecule has 0 bridgehead atoms. The summed E-state index contributed by atoms with van der Waals surface area (Å²) in [5.74, 6) is 0.455. The molecule has 4 nitrogen and oxygen atoms in total. The Hall–Kier alpha value is -0.780. The average Bonchev–Trinajstić information content (AvgIpc) is 2.36. The van der Waals surface area contributed by atoms with Gasteiger partial charge >= 0.3 is 10.2 Å². The van der Waals surface area contributed by atoms with Crippen molar-refractivity contribution in [2.45, 2.75) is 20.3 Å². The first-order chi connectivity index (χ1) is 8.93. The molecule has 6 heteroatoms. The van der Waals surface area contributed by atoms with E-state index in [1.807, 2.05) is 38.1 Å². The minimum atomic E-state index is -3.49. The van der Waals surface area contributed by atoms with Crippen LogP contribution in [0.2, 0.25) is 0 Å². The Labute approximate surface area is 121 Å². The summed E-state index contributed by atoms with van der Waals surface area (Å²) in [4.78, 5) is 0. The van der Waals surface area contributed by atoms with Gasteiger partial charge in [0.15, 0.2) is 0 Å². The third-order valence-electron chi connectivity index (χ3n) is 2.86. The quantitative estimate of drug-likeness (QED) is 0.727. The highest BCUT2D eigenvalue weighted by molar-refractivity contribution is 7.90. The van der Waals surface area contributed by atoms with Gasteiger partial charge in [-0.2, -0.15) is 12.7 Å². The summed E-state index contributed by atoms with van der Waals surface area (Å²) in [6.45, 7) is 4.60. The lowest BCUT2D eigenvalue weighted by Crippen LogP contribution is -2.42. The van der Waals surface area contributed by atoms with Crippen molar-refractivity contribution in [2.75, 3.05) is 30.3 Å². The van der Waals surface area contributed by atoms with Crippen molar-refractivity contribution in [3.8, 4) is 0 Å². The van der Waals surface area contributed by atoms with E-state index in [1.165, 1.54) is 8.61 Å². The molecule has 19 heavy (non-hydrogen) atoms. The number of rotatable bonds is 7. The van der Waals surface area contributed by atoms with Gasteiger partial charge in [0.2, 0.25) is 0 Å². The van der Waals surface area contributed by atoms with E-state index in [-0.39, 0.29) is 0 Å². The van der Waals surface area contributed by atoms with Crippen LogP contribution in [0.25, 0.3) is 0 Å². The normalized spacial score (nSPS) is 11.8. The van der Waals surface area contributed by atoms with Gasteiger partial charge in [0, 0.05) is 26.0 Å². The lowest BCUT2D eigenvalue weighted by Gasteiger charge is -2.28. The topological polar surface area (TPSA) is 40.6 Å². The summed E-state index contributed by atoms with van der Waals surface area (Å²) < 4.78 is 27.7. The Morgan fingerprint density at radius 1 is 1.32 bits per heavy atom. The SMILES string of the molecule is CCN(c1cccc(C)c1)S(=O)(=O)N(C)CCCCl. The zero-order chi connectivity index (χ0) is 14.5. The minimum absolute atomic E-state index is 0.400. The van der Waals surface area contributed by atoms with Gasteiger partial charge < -0.3 is 0 Å². The van der Waals surface area contributed by atoms with Gasteiger partial charge in [-0.1, -0.05) is 12.1 Å². The van der Waals surface area contributed by atoms with Crippen LogP contribution in [-0.2, 0) is 10.2 Å². The molecule has 0 unspecified atom stereocenters. The Balaban J connectivity index is 3.01. The smallest absolute Gasteiger partial charge is 0.258 e. The van der Waals surface area contributed by atoms with Crippen LogP contribution in [0.3, 0.4) is 0 Å². The van der Waals surface area contributed by atoms with E-state index >= 15 is 0 Å². The molecule has 0 aliphatic rings. The van der Waals surface area contributed by atoms with Crippen molar-refractivity contribution >= 4 is 27.5 Å². The summed E-state index contributed by atoms with van der Waals surface area (Å²) in [5, 5.41) is 0. The van der Waals surface area contributed by atoms with E-state index in [1.54, 1.807) is 7.05 Å². The van der Waals surface area contributed by atoms with Crippen LogP contribution in [-0.4, -0.2) is 38.7 Å². The van der Waals surface area contributed by atoms with Gasteiger partial charge in [-0.25, -0.2) is 0 Å². The molecule has 1 aromatic carbocycles. The number of anilines is 1. The molecule has 0 aliphatic heterocycles. The summed E-state index contributed by atoms with van der Waals surface area (Å²) in [6, 6.07) is 7.49. The second kappa shape index (κ2) is 7.12. The maximum atomic E-state index is 12.5. The third kappa shape index (κ3) is 4.09. The van der Waals surface area contributed by atoms with Crippen LogP contribution in [0.5, 0.6) is 0 Å². The highest BCUT2D eigenvalue weighted by atomic mass is 35.5. The molecule has 1 rings (SSSR count). The Morgan fingerprint density at radius 3 is 2.53 bits per heavy atom. The molecule has 0 aliphatic carbocycles. The van der Waals surface area contributed by atoms with Gasteiger partial charge in [-0.15, -0.1) is 11.6 Å². The van der Waals surface area contributed by atoms with E-state index in [0.717, 1.165) is 5.56 Å². The number of alkyl halides is 1. The number of benzene rings is 1. The lowest BCUT2D eigenvalue weighted by atomic mass is 10.2. The van der Waals surface area contributed by atoms with Gasteiger partial charge in [0.25, 0.3) is 0 Å². The fourth-order valence-electron chi connectivity index (χ4n) is 1.83. The second-order valence-corrected chi connectivity index (χ2v) is 6.71. The standard InChI is InChI=1S/C13H21ClN2O2S/c1-4-16(13-8-5-7-12(2)11-13)19(17,18)15(3)10-6-9-14/h5,7-8,11H,4,6,9-10H2,1-3H3. The fraction of sp³-hybridized carbons (Fsp3) is 0.538. The molecule has 108 valence electrons.